The fraction of sp³-hybridized carbons (Fsp3) is 0.475. The summed E-state index contributed by atoms with van der Waals surface area (Å²) in [4.78, 5) is 34.0. The minimum Gasteiger partial charge on any atom is -0.480 e. The second-order valence-electron chi connectivity index (χ2n) is 15.3. The third-order valence-electron chi connectivity index (χ3n) is 11.1. The molecule has 3 aromatic carbocycles. The number of likely N-dealkylation sites (tertiary alicyclic amines) is 2. The standard InChI is InChI=1S/C40H44F6N4O3/c1-37(2)14-7-18-49(19-15-37)24-27-23-47-34(31-10-4-3-9-29(27)31)32-13-6-11-28-26(8-5-12-30(28)32)22-33(35(51)52)48-36(53)38(40(44,45)46)16-20-50(21-17-38)25-39(41,42)43/h3-6,8-13,23,33H,7,14-22,24-25H2,1-2H3,(H,48,53)(H,51,52)/t33-/m0/s1. The van der Waals surface area contributed by atoms with Crippen LogP contribution in [-0.2, 0) is 22.6 Å². The van der Waals surface area contributed by atoms with Gasteiger partial charge in [-0.3, -0.25) is 19.6 Å². The molecular formula is C40H44F6N4O3. The van der Waals surface area contributed by atoms with Crippen LogP contribution in [0.4, 0.5) is 26.3 Å². The fourth-order valence-corrected chi connectivity index (χ4v) is 7.93. The Morgan fingerprint density at radius 2 is 1.42 bits per heavy atom. The summed E-state index contributed by atoms with van der Waals surface area (Å²) in [5.74, 6) is -3.08. The van der Waals surface area contributed by atoms with Crippen molar-refractivity contribution < 1.29 is 41.0 Å². The Morgan fingerprint density at radius 3 is 2.09 bits per heavy atom. The number of carbonyl (C=O) groups is 2. The highest BCUT2D eigenvalue weighted by Crippen LogP contribution is 2.47. The quantitative estimate of drug-likeness (QED) is 0.168. The van der Waals surface area contributed by atoms with Gasteiger partial charge in [-0.2, -0.15) is 26.3 Å². The number of rotatable bonds is 9. The van der Waals surface area contributed by atoms with Gasteiger partial charge in [0.15, 0.2) is 0 Å². The van der Waals surface area contributed by atoms with Gasteiger partial charge in [-0.15, -0.1) is 0 Å². The van der Waals surface area contributed by atoms with Crippen LogP contribution >= 0.6 is 0 Å². The third-order valence-corrected chi connectivity index (χ3v) is 11.1. The first kappa shape index (κ1) is 38.5. The maximum atomic E-state index is 14.4. The molecule has 0 saturated carbocycles. The number of hydrogen-bond acceptors (Lipinski definition) is 5. The number of piperidine rings is 1. The van der Waals surface area contributed by atoms with Crippen LogP contribution in [0.5, 0.6) is 0 Å². The predicted molar refractivity (Wildman–Crippen MR) is 191 cm³/mol. The van der Waals surface area contributed by atoms with E-state index in [4.69, 9.17) is 4.98 Å². The Morgan fingerprint density at radius 1 is 0.792 bits per heavy atom. The Labute approximate surface area is 304 Å². The number of carbonyl (C=O) groups excluding carboxylic acids is 1. The first-order chi connectivity index (χ1) is 25.0. The SMILES string of the molecule is CC1(C)CCCN(Cc2cnc(-c3cccc4c(C[C@H](NC(=O)C5(C(F)(F)F)CCN(CC(F)(F)F)CC5)C(=O)O)cccc34)c3ccccc23)CC1. The minimum atomic E-state index is -5.10. The number of aliphatic carboxylic acids is 1. The molecule has 1 atom stereocenters. The van der Waals surface area contributed by atoms with Gasteiger partial charge in [0.2, 0.25) is 5.91 Å². The van der Waals surface area contributed by atoms with Gasteiger partial charge in [-0.05, 0) is 91.0 Å². The summed E-state index contributed by atoms with van der Waals surface area (Å²) in [6, 6.07) is 17.1. The average Bonchev–Trinajstić information content (AvgIpc) is 3.26. The fourth-order valence-electron chi connectivity index (χ4n) is 7.93. The monoisotopic (exact) mass is 742 g/mol. The number of carboxylic acid groups (broad SMARTS) is 1. The summed E-state index contributed by atoms with van der Waals surface area (Å²) in [5, 5.41) is 15.6. The molecule has 2 aliphatic heterocycles. The molecule has 2 aliphatic rings. The number of aromatic nitrogens is 1. The van der Waals surface area contributed by atoms with Crippen LogP contribution < -0.4 is 5.32 Å². The van der Waals surface area contributed by atoms with Crippen LogP contribution in [-0.4, -0.2) is 82.9 Å². The van der Waals surface area contributed by atoms with Gasteiger partial charge in [0, 0.05) is 30.1 Å². The van der Waals surface area contributed by atoms with E-state index < -0.39 is 68.2 Å². The summed E-state index contributed by atoms with van der Waals surface area (Å²) in [7, 11) is 0. The third kappa shape index (κ3) is 8.46. The first-order valence-electron chi connectivity index (χ1n) is 18.0. The Bertz CT molecular complexity index is 1970. The summed E-state index contributed by atoms with van der Waals surface area (Å²) in [6.07, 6.45) is -6.52. The molecule has 4 aromatic rings. The van der Waals surface area contributed by atoms with Crippen LogP contribution in [0.2, 0.25) is 0 Å². The summed E-state index contributed by atoms with van der Waals surface area (Å²) >= 11 is 0. The van der Waals surface area contributed by atoms with E-state index in [0.717, 1.165) is 70.4 Å². The van der Waals surface area contributed by atoms with Crippen molar-refractivity contribution in [3.63, 3.8) is 0 Å². The van der Waals surface area contributed by atoms with Crippen molar-refractivity contribution >= 4 is 33.4 Å². The number of hydrogen-bond donors (Lipinski definition) is 2. The van der Waals surface area contributed by atoms with Gasteiger partial charge in [0.1, 0.15) is 11.5 Å². The number of halogens is 6. The van der Waals surface area contributed by atoms with Crippen molar-refractivity contribution in [1.29, 1.82) is 0 Å². The van der Waals surface area contributed by atoms with Crippen molar-refractivity contribution in [1.82, 2.24) is 20.1 Å². The molecule has 0 aliphatic carbocycles. The first-order valence-corrected chi connectivity index (χ1v) is 18.0. The molecule has 2 saturated heterocycles. The minimum absolute atomic E-state index is 0.313. The van der Waals surface area contributed by atoms with Gasteiger partial charge >= 0.3 is 18.3 Å². The number of carboxylic acids is 1. The van der Waals surface area contributed by atoms with Crippen LogP contribution in [0.3, 0.4) is 0 Å². The van der Waals surface area contributed by atoms with Crippen molar-refractivity contribution in [3.05, 3.63) is 78.0 Å². The second-order valence-corrected chi connectivity index (χ2v) is 15.3. The number of benzene rings is 3. The lowest BCUT2D eigenvalue weighted by atomic mass is 9.76. The zero-order valence-corrected chi connectivity index (χ0v) is 29.8. The average molecular weight is 743 g/mol. The van der Waals surface area contributed by atoms with Gasteiger partial charge in [0.05, 0.1) is 12.2 Å². The maximum Gasteiger partial charge on any atom is 0.403 e. The van der Waals surface area contributed by atoms with Gasteiger partial charge < -0.3 is 10.4 Å². The highest BCUT2D eigenvalue weighted by Gasteiger charge is 2.61. The number of pyridine rings is 1. The second kappa shape index (κ2) is 14.9. The van der Waals surface area contributed by atoms with E-state index in [-0.39, 0.29) is 6.42 Å². The van der Waals surface area contributed by atoms with Crippen LogP contribution in [0.15, 0.2) is 66.9 Å². The molecule has 1 aromatic heterocycles. The maximum absolute atomic E-state index is 14.4. The van der Waals surface area contributed by atoms with Crippen LogP contribution in [0.1, 0.15) is 57.1 Å². The van der Waals surface area contributed by atoms with Crippen molar-refractivity contribution in [2.24, 2.45) is 10.8 Å². The molecule has 3 heterocycles. The topological polar surface area (TPSA) is 85.8 Å². The van der Waals surface area contributed by atoms with E-state index in [2.05, 4.69) is 30.1 Å². The predicted octanol–water partition coefficient (Wildman–Crippen LogP) is 8.39. The Hall–Kier alpha value is -4.23. The van der Waals surface area contributed by atoms with Crippen LogP contribution in [0.25, 0.3) is 32.8 Å². The van der Waals surface area contributed by atoms with Gasteiger partial charge in [-0.1, -0.05) is 74.5 Å². The number of alkyl halides is 6. The lowest BCUT2D eigenvalue weighted by Crippen LogP contribution is -2.59. The number of nitrogens with one attached hydrogen (secondary N) is 1. The molecule has 7 nitrogen and oxygen atoms in total. The lowest BCUT2D eigenvalue weighted by molar-refractivity contribution is -0.236. The summed E-state index contributed by atoms with van der Waals surface area (Å²) < 4.78 is 82.1. The molecule has 6 rings (SSSR count). The Balaban J connectivity index is 1.27. The van der Waals surface area contributed by atoms with Crippen LogP contribution in [0, 0.1) is 10.8 Å². The molecule has 0 bridgehead atoms. The van der Waals surface area contributed by atoms with E-state index >= 15 is 0 Å². The van der Waals surface area contributed by atoms with Crippen molar-refractivity contribution in [2.45, 2.75) is 77.3 Å². The molecule has 0 radical (unpaired) electrons. The zero-order chi connectivity index (χ0) is 38.2. The number of fused-ring (bicyclic) bond motifs is 2. The van der Waals surface area contributed by atoms with E-state index in [9.17, 15) is 41.0 Å². The number of nitrogens with zero attached hydrogens (tertiary/aromatic N) is 3. The molecule has 1 amide bonds. The highest BCUT2D eigenvalue weighted by atomic mass is 19.4. The molecule has 53 heavy (non-hydrogen) atoms. The number of amides is 1. The smallest absolute Gasteiger partial charge is 0.403 e. The van der Waals surface area contributed by atoms with E-state index in [1.54, 1.807) is 18.2 Å². The summed E-state index contributed by atoms with van der Waals surface area (Å²) in [6.45, 7) is 4.80. The summed E-state index contributed by atoms with van der Waals surface area (Å²) in [5.41, 5.74) is 0.429. The highest BCUT2D eigenvalue weighted by molar-refractivity contribution is 6.05. The molecule has 0 spiro atoms. The molecular weight excluding hydrogens is 698 g/mol. The largest absolute Gasteiger partial charge is 0.480 e. The van der Waals surface area contributed by atoms with Gasteiger partial charge in [0.25, 0.3) is 0 Å². The molecule has 2 N–H and O–H groups in total. The van der Waals surface area contributed by atoms with E-state index in [1.807, 2.05) is 42.6 Å². The molecule has 13 heteroatoms. The van der Waals surface area contributed by atoms with E-state index in [1.165, 1.54) is 6.42 Å². The van der Waals surface area contributed by atoms with Crippen molar-refractivity contribution in [2.75, 3.05) is 32.7 Å². The zero-order valence-electron chi connectivity index (χ0n) is 29.8. The molecule has 284 valence electrons. The Kier molecular flexibility index (Phi) is 10.8. The molecule has 0 unspecified atom stereocenters. The lowest BCUT2D eigenvalue weighted by Gasteiger charge is -2.42. The van der Waals surface area contributed by atoms with Gasteiger partial charge in [-0.25, -0.2) is 4.79 Å². The van der Waals surface area contributed by atoms with Crippen molar-refractivity contribution in [3.8, 4) is 11.3 Å². The normalized spacial score (nSPS) is 19.2. The van der Waals surface area contributed by atoms with E-state index in [0.29, 0.717) is 16.4 Å². The molecule has 2 fully saturated rings.